The summed E-state index contributed by atoms with van der Waals surface area (Å²) in [6.45, 7) is 0. The summed E-state index contributed by atoms with van der Waals surface area (Å²) in [6.07, 6.45) is -0.368. The quantitative estimate of drug-likeness (QED) is 0.836. The van der Waals surface area contributed by atoms with Crippen LogP contribution < -0.4 is 9.47 Å². The van der Waals surface area contributed by atoms with E-state index < -0.39 is 6.10 Å². The van der Waals surface area contributed by atoms with E-state index in [9.17, 15) is 5.11 Å². The largest absolute Gasteiger partial charge is 0.497 e. The standard InChI is InChI=1S/C16H14BrClO3/c1-20-10-3-5-15-12(7-10)14(19)8-16(21-15)11-6-9(18)2-4-13(11)17/h2-7,14,16,19H,8H2,1H3/t14-,16?/m0/s1. The zero-order chi connectivity index (χ0) is 15.0. The summed E-state index contributed by atoms with van der Waals surface area (Å²) in [6, 6.07) is 11.0. The molecule has 0 radical (unpaired) electrons. The fourth-order valence-corrected chi connectivity index (χ4v) is 3.19. The topological polar surface area (TPSA) is 38.7 Å². The van der Waals surface area contributed by atoms with Crippen molar-refractivity contribution in [3.05, 3.63) is 57.0 Å². The van der Waals surface area contributed by atoms with E-state index in [4.69, 9.17) is 21.1 Å². The van der Waals surface area contributed by atoms with Gasteiger partial charge in [-0.1, -0.05) is 27.5 Å². The third kappa shape index (κ3) is 2.89. The van der Waals surface area contributed by atoms with Gasteiger partial charge in [0.05, 0.1) is 13.2 Å². The Balaban J connectivity index is 1.96. The van der Waals surface area contributed by atoms with Crippen molar-refractivity contribution >= 4 is 27.5 Å². The molecule has 21 heavy (non-hydrogen) atoms. The van der Waals surface area contributed by atoms with Crippen molar-refractivity contribution in [3.8, 4) is 11.5 Å². The first-order valence-corrected chi connectivity index (χ1v) is 7.73. The molecule has 1 heterocycles. The van der Waals surface area contributed by atoms with E-state index in [0.717, 1.165) is 15.6 Å². The molecule has 2 aromatic rings. The van der Waals surface area contributed by atoms with Gasteiger partial charge in [0.1, 0.15) is 17.6 Å². The summed E-state index contributed by atoms with van der Waals surface area (Å²) in [7, 11) is 1.60. The van der Waals surface area contributed by atoms with Crippen LogP contribution in [0.5, 0.6) is 11.5 Å². The Kier molecular flexibility index (Phi) is 4.11. The molecule has 0 fully saturated rings. The van der Waals surface area contributed by atoms with Crippen molar-refractivity contribution < 1.29 is 14.6 Å². The normalized spacial score (nSPS) is 20.6. The zero-order valence-corrected chi connectivity index (χ0v) is 13.7. The van der Waals surface area contributed by atoms with E-state index in [1.165, 1.54) is 0 Å². The first-order chi connectivity index (χ1) is 10.1. The van der Waals surface area contributed by atoms with Gasteiger partial charge in [-0.3, -0.25) is 0 Å². The highest BCUT2D eigenvalue weighted by molar-refractivity contribution is 9.10. The predicted molar refractivity (Wildman–Crippen MR) is 85.1 cm³/mol. The van der Waals surface area contributed by atoms with Crippen LogP contribution in [0.2, 0.25) is 5.02 Å². The van der Waals surface area contributed by atoms with Crippen molar-refractivity contribution in [3.63, 3.8) is 0 Å². The van der Waals surface area contributed by atoms with E-state index in [1.54, 1.807) is 7.11 Å². The zero-order valence-electron chi connectivity index (χ0n) is 11.3. The minimum atomic E-state index is -0.597. The van der Waals surface area contributed by atoms with E-state index in [2.05, 4.69) is 15.9 Å². The van der Waals surface area contributed by atoms with Crippen LogP contribution in [0.3, 0.4) is 0 Å². The van der Waals surface area contributed by atoms with Gasteiger partial charge < -0.3 is 14.6 Å². The number of hydrogen-bond donors (Lipinski definition) is 1. The molecule has 1 N–H and O–H groups in total. The molecule has 3 nitrogen and oxygen atoms in total. The van der Waals surface area contributed by atoms with E-state index in [-0.39, 0.29) is 6.10 Å². The van der Waals surface area contributed by atoms with Gasteiger partial charge in [-0.2, -0.15) is 0 Å². The molecule has 1 aliphatic heterocycles. The van der Waals surface area contributed by atoms with Gasteiger partial charge in [-0.15, -0.1) is 0 Å². The summed E-state index contributed by atoms with van der Waals surface area (Å²) >= 11 is 9.57. The van der Waals surface area contributed by atoms with Gasteiger partial charge in [0, 0.05) is 27.0 Å². The highest BCUT2D eigenvalue weighted by atomic mass is 79.9. The highest BCUT2D eigenvalue weighted by Crippen LogP contribution is 2.44. The average molecular weight is 370 g/mol. The van der Waals surface area contributed by atoms with Crippen LogP contribution in [0, 0.1) is 0 Å². The lowest BCUT2D eigenvalue weighted by molar-refractivity contribution is 0.0651. The molecule has 110 valence electrons. The molecule has 3 rings (SSSR count). The van der Waals surface area contributed by atoms with E-state index in [1.807, 2.05) is 36.4 Å². The summed E-state index contributed by atoms with van der Waals surface area (Å²) in [5, 5.41) is 11.0. The predicted octanol–water partition coefficient (Wildman–Crippen LogP) is 4.67. The van der Waals surface area contributed by atoms with Crippen LogP contribution in [-0.4, -0.2) is 12.2 Å². The fourth-order valence-electron chi connectivity index (χ4n) is 2.50. The maximum Gasteiger partial charge on any atom is 0.128 e. The van der Waals surface area contributed by atoms with Gasteiger partial charge in [0.25, 0.3) is 0 Å². The van der Waals surface area contributed by atoms with Crippen LogP contribution in [-0.2, 0) is 0 Å². The molecule has 0 bridgehead atoms. The second-order valence-corrected chi connectivity index (χ2v) is 6.22. The lowest BCUT2D eigenvalue weighted by Crippen LogP contribution is -2.19. The summed E-state index contributed by atoms with van der Waals surface area (Å²) in [4.78, 5) is 0. The smallest absolute Gasteiger partial charge is 0.128 e. The molecule has 0 aliphatic carbocycles. The van der Waals surface area contributed by atoms with Crippen LogP contribution in [0.15, 0.2) is 40.9 Å². The van der Waals surface area contributed by atoms with Crippen molar-refractivity contribution in [1.82, 2.24) is 0 Å². The van der Waals surface area contributed by atoms with Crippen LogP contribution in [0.1, 0.15) is 29.8 Å². The molecule has 0 spiro atoms. The van der Waals surface area contributed by atoms with Crippen molar-refractivity contribution in [2.24, 2.45) is 0 Å². The second kappa shape index (κ2) is 5.87. The third-order valence-electron chi connectivity index (χ3n) is 3.59. The maximum absolute atomic E-state index is 10.4. The van der Waals surface area contributed by atoms with E-state index in [0.29, 0.717) is 22.9 Å². The Morgan fingerprint density at radius 1 is 1.24 bits per heavy atom. The Labute approximate surface area is 136 Å². The lowest BCUT2D eigenvalue weighted by Gasteiger charge is -2.30. The number of ether oxygens (including phenoxy) is 2. The number of methoxy groups -OCH3 is 1. The summed E-state index contributed by atoms with van der Waals surface area (Å²) < 4.78 is 12.1. The number of benzene rings is 2. The SMILES string of the molecule is COc1ccc2c(c1)[C@@H](O)CC(c1cc(Cl)ccc1Br)O2. The third-order valence-corrected chi connectivity index (χ3v) is 4.54. The molecule has 2 aromatic carbocycles. The molecular formula is C16H14BrClO3. The molecule has 0 saturated heterocycles. The molecule has 1 unspecified atom stereocenters. The number of halogens is 2. The summed E-state index contributed by atoms with van der Waals surface area (Å²) in [5.74, 6) is 1.38. The minimum absolute atomic E-state index is 0.242. The lowest BCUT2D eigenvalue weighted by atomic mass is 9.95. The van der Waals surface area contributed by atoms with Gasteiger partial charge in [0.2, 0.25) is 0 Å². The van der Waals surface area contributed by atoms with Crippen LogP contribution in [0.4, 0.5) is 0 Å². The first kappa shape index (κ1) is 14.7. The van der Waals surface area contributed by atoms with Crippen LogP contribution in [0.25, 0.3) is 0 Å². The monoisotopic (exact) mass is 368 g/mol. The molecule has 5 heteroatoms. The first-order valence-electron chi connectivity index (χ1n) is 6.56. The maximum atomic E-state index is 10.4. The molecule has 0 saturated carbocycles. The second-order valence-electron chi connectivity index (χ2n) is 4.93. The highest BCUT2D eigenvalue weighted by Gasteiger charge is 2.29. The number of aliphatic hydroxyl groups excluding tert-OH is 1. The molecule has 0 aromatic heterocycles. The number of aliphatic hydroxyl groups is 1. The number of rotatable bonds is 2. The molecular weight excluding hydrogens is 356 g/mol. The van der Waals surface area contributed by atoms with Crippen molar-refractivity contribution in [1.29, 1.82) is 0 Å². The van der Waals surface area contributed by atoms with Crippen molar-refractivity contribution in [2.45, 2.75) is 18.6 Å². The average Bonchev–Trinajstić information content (AvgIpc) is 2.49. The van der Waals surface area contributed by atoms with E-state index >= 15 is 0 Å². The Hall–Kier alpha value is -1.23. The van der Waals surface area contributed by atoms with Gasteiger partial charge in [0.15, 0.2) is 0 Å². The van der Waals surface area contributed by atoms with Gasteiger partial charge in [-0.25, -0.2) is 0 Å². The fraction of sp³-hybridized carbons (Fsp3) is 0.250. The van der Waals surface area contributed by atoms with Gasteiger partial charge >= 0.3 is 0 Å². The van der Waals surface area contributed by atoms with Gasteiger partial charge in [-0.05, 0) is 36.4 Å². The Morgan fingerprint density at radius 3 is 2.81 bits per heavy atom. The Bertz CT molecular complexity index is 675. The molecule has 1 aliphatic rings. The molecule has 2 atom stereocenters. The minimum Gasteiger partial charge on any atom is -0.497 e. The summed E-state index contributed by atoms with van der Waals surface area (Å²) in [5.41, 5.74) is 1.69. The Morgan fingerprint density at radius 2 is 2.05 bits per heavy atom. The van der Waals surface area contributed by atoms with Crippen molar-refractivity contribution in [2.75, 3.05) is 7.11 Å². The number of fused-ring (bicyclic) bond motifs is 1. The molecule has 0 amide bonds. The van der Waals surface area contributed by atoms with Crippen LogP contribution >= 0.6 is 27.5 Å². The number of hydrogen-bond acceptors (Lipinski definition) is 3.